The number of hydrogen-bond donors (Lipinski definition) is 1. The number of amides is 1. The Morgan fingerprint density at radius 3 is 2.81 bits per heavy atom. The van der Waals surface area contributed by atoms with Crippen molar-refractivity contribution < 1.29 is 4.79 Å². The molecule has 4 aromatic rings. The van der Waals surface area contributed by atoms with Gasteiger partial charge in [-0.05, 0) is 44.4 Å². The van der Waals surface area contributed by atoms with Crippen LogP contribution >= 0.6 is 11.3 Å². The van der Waals surface area contributed by atoms with Crippen LogP contribution in [-0.4, -0.2) is 25.2 Å². The van der Waals surface area contributed by atoms with Gasteiger partial charge in [0.1, 0.15) is 0 Å². The Morgan fingerprint density at radius 2 is 2.07 bits per heavy atom. The van der Waals surface area contributed by atoms with Crippen molar-refractivity contribution in [3.63, 3.8) is 0 Å². The molecule has 138 valence electrons. The molecule has 0 fully saturated rings. The van der Waals surface area contributed by atoms with E-state index in [1.54, 1.807) is 22.2 Å². The lowest BCUT2D eigenvalue weighted by Gasteiger charge is -2.09. The van der Waals surface area contributed by atoms with Crippen LogP contribution in [0, 0.1) is 20.8 Å². The zero-order valence-electron chi connectivity index (χ0n) is 15.8. The van der Waals surface area contributed by atoms with E-state index in [4.69, 9.17) is 0 Å². The minimum Gasteiger partial charge on any atom is -0.343 e. The highest BCUT2D eigenvalue weighted by Gasteiger charge is 2.17. The van der Waals surface area contributed by atoms with E-state index in [-0.39, 0.29) is 5.91 Å². The van der Waals surface area contributed by atoms with Gasteiger partial charge in [0.25, 0.3) is 5.91 Å². The van der Waals surface area contributed by atoms with E-state index in [9.17, 15) is 4.79 Å². The third-order valence-corrected chi connectivity index (χ3v) is 5.69. The molecule has 0 spiro atoms. The highest BCUT2D eigenvalue weighted by atomic mass is 32.1. The van der Waals surface area contributed by atoms with Crippen LogP contribution < -0.4 is 5.32 Å². The Bertz CT molecular complexity index is 1140. The molecule has 0 radical (unpaired) electrons. The summed E-state index contributed by atoms with van der Waals surface area (Å²) in [5.74, 6) is -0.122. The molecule has 0 saturated heterocycles. The maximum absolute atomic E-state index is 12.9. The van der Waals surface area contributed by atoms with Gasteiger partial charge in [-0.3, -0.25) is 9.48 Å². The van der Waals surface area contributed by atoms with Crippen molar-refractivity contribution in [1.29, 1.82) is 0 Å². The molecule has 0 unspecified atom stereocenters. The van der Waals surface area contributed by atoms with Gasteiger partial charge in [0.05, 0.1) is 29.7 Å². The summed E-state index contributed by atoms with van der Waals surface area (Å²) in [4.78, 5) is 18.6. The maximum atomic E-state index is 12.9. The summed E-state index contributed by atoms with van der Waals surface area (Å²) >= 11 is 1.72. The van der Waals surface area contributed by atoms with E-state index in [0.717, 1.165) is 34.7 Å². The number of fused-ring (bicyclic) bond motifs is 1. The van der Waals surface area contributed by atoms with Gasteiger partial charge in [0.15, 0.2) is 5.65 Å². The summed E-state index contributed by atoms with van der Waals surface area (Å²) in [6, 6.07) is 8.03. The third kappa shape index (κ3) is 3.14. The van der Waals surface area contributed by atoms with Gasteiger partial charge in [-0.1, -0.05) is 6.07 Å². The third-order valence-electron chi connectivity index (χ3n) is 4.83. The molecule has 1 amide bonds. The van der Waals surface area contributed by atoms with Gasteiger partial charge in [0.2, 0.25) is 0 Å². The smallest absolute Gasteiger partial charge is 0.257 e. The van der Waals surface area contributed by atoms with Crippen LogP contribution in [0.1, 0.15) is 32.3 Å². The van der Waals surface area contributed by atoms with E-state index in [1.165, 1.54) is 4.88 Å². The molecular weight excluding hydrogens is 358 g/mol. The Labute approximate surface area is 161 Å². The molecule has 4 rings (SSSR count). The number of pyridine rings is 1. The number of hydrogen-bond acceptors (Lipinski definition) is 4. The number of anilines is 1. The molecule has 0 aliphatic rings. The van der Waals surface area contributed by atoms with Crippen LogP contribution in [0.5, 0.6) is 0 Å². The molecule has 4 heterocycles. The number of rotatable bonds is 4. The quantitative estimate of drug-likeness (QED) is 0.582. The van der Waals surface area contributed by atoms with Gasteiger partial charge in [-0.2, -0.15) is 5.10 Å². The van der Waals surface area contributed by atoms with Crippen molar-refractivity contribution in [3.8, 4) is 0 Å². The molecule has 0 aliphatic carbocycles. The van der Waals surface area contributed by atoms with Crippen LogP contribution in [0.3, 0.4) is 0 Å². The van der Waals surface area contributed by atoms with E-state index in [2.05, 4.69) is 31.4 Å². The Balaban J connectivity index is 1.61. The number of nitrogens with one attached hydrogen (secondary N) is 1. The normalized spacial score (nSPS) is 11.3. The van der Waals surface area contributed by atoms with E-state index >= 15 is 0 Å². The molecule has 0 aromatic carbocycles. The van der Waals surface area contributed by atoms with Crippen LogP contribution in [-0.2, 0) is 13.6 Å². The molecule has 0 saturated carbocycles. The molecule has 7 heteroatoms. The zero-order valence-corrected chi connectivity index (χ0v) is 16.6. The lowest BCUT2D eigenvalue weighted by atomic mass is 10.2. The van der Waals surface area contributed by atoms with Crippen molar-refractivity contribution in [2.24, 2.45) is 7.05 Å². The maximum Gasteiger partial charge on any atom is 0.257 e. The first kappa shape index (κ1) is 17.5. The predicted molar refractivity (Wildman–Crippen MR) is 109 cm³/mol. The van der Waals surface area contributed by atoms with Crippen molar-refractivity contribution in [1.82, 2.24) is 19.3 Å². The molecule has 0 aliphatic heterocycles. The number of aryl methyl sites for hydroxylation is 3. The van der Waals surface area contributed by atoms with Gasteiger partial charge < -0.3 is 9.88 Å². The molecular formula is C20H21N5OS. The highest BCUT2D eigenvalue weighted by Crippen LogP contribution is 2.22. The first-order valence-corrected chi connectivity index (χ1v) is 9.62. The molecule has 4 aromatic heterocycles. The SMILES string of the molecule is Cc1nn(C)c2ncc(NC(=O)c3cc(C)n(Cc4cccs4)c3C)cc12. The summed E-state index contributed by atoms with van der Waals surface area (Å²) in [5, 5.41) is 10.4. The van der Waals surface area contributed by atoms with E-state index < -0.39 is 0 Å². The molecule has 0 bridgehead atoms. The summed E-state index contributed by atoms with van der Waals surface area (Å²) < 4.78 is 3.92. The molecule has 1 N–H and O–H groups in total. The zero-order chi connectivity index (χ0) is 19.1. The first-order chi connectivity index (χ1) is 12.9. The number of carbonyl (C=O) groups excluding carboxylic acids is 1. The minimum atomic E-state index is -0.122. The number of thiophene rings is 1. The lowest BCUT2D eigenvalue weighted by Crippen LogP contribution is -2.13. The fourth-order valence-electron chi connectivity index (χ4n) is 3.41. The van der Waals surface area contributed by atoms with Crippen LogP contribution in [0.2, 0.25) is 0 Å². The predicted octanol–water partition coefficient (Wildman–Crippen LogP) is 4.06. The Kier molecular flexibility index (Phi) is 4.31. The summed E-state index contributed by atoms with van der Waals surface area (Å²) in [6.07, 6.45) is 1.67. The molecule has 27 heavy (non-hydrogen) atoms. The van der Waals surface area contributed by atoms with Crippen LogP contribution in [0.25, 0.3) is 11.0 Å². The summed E-state index contributed by atoms with van der Waals surface area (Å²) in [7, 11) is 1.86. The van der Waals surface area contributed by atoms with Crippen LogP contribution in [0.15, 0.2) is 35.8 Å². The van der Waals surface area contributed by atoms with Crippen molar-refractivity contribution in [2.45, 2.75) is 27.3 Å². The second kappa shape index (κ2) is 6.66. The van der Waals surface area contributed by atoms with E-state index in [0.29, 0.717) is 11.3 Å². The lowest BCUT2D eigenvalue weighted by molar-refractivity contribution is 0.102. The fourth-order valence-corrected chi connectivity index (χ4v) is 4.10. The van der Waals surface area contributed by atoms with Gasteiger partial charge >= 0.3 is 0 Å². The average Bonchev–Trinajstić information content (AvgIpc) is 3.31. The largest absolute Gasteiger partial charge is 0.343 e. The molecule has 0 atom stereocenters. The Hall–Kier alpha value is -2.93. The number of carbonyl (C=O) groups is 1. The standard InChI is InChI=1S/C20H21N5OS/c1-12-8-18(14(3)25(12)11-16-6-5-7-27-16)20(26)22-15-9-17-13(2)23-24(4)19(17)21-10-15/h5-10H,11H2,1-4H3,(H,22,26). The summed E-state index contributed by atoms with van der Waals surface area (Å²) in [5.41, 5.74) is 5.09. The first-order valence-electron chi connectivity index (χ1n) is 8.74. The van der Waals surface area contributed by atoms with Crippen LogP contribution in [0.4, 0.5) is 5.69 Å². The Morgan fingerprint density at radius 1 is 1.26 bits per heavy atom. The van der Waals surface area contributed by atoms with Crippen molar-refractivity contribution in [2.75, 3.05) is 5.32 Å². The second-order valence-corrected chi connectivity index (χ2v) is 7.74. The average molecular weight is 379 g/mol. The van der Waals surface area contributed by atoms with Gasteiger partial charge in [-0.15, -0.1) is 11.3 Å². The topological polar surface area (TPSA) is 64.7 Å². The van der Waals surface area contributed by atoms with E-state index in [1.807, 2.05) is 46.0 Å². The van der Waals surface area contributed by atoms with Crippen molar-refractivity contribution >= 4 is 34.0 Å². The minimum absolute atomic E-state index is 0.122. The van der Waals surface area contributed by atoms with Crippen molar-refractivity contribution in [3.05, 3.63) is 63.4 Å². The second-order valence-electron chi connectivity index (χ2n) is 6.71. The fraction of sp³-hybridized carbons (Fsp3) is 0.250. The number of aromatic nitrogens is 4. The number of nitrogens with zero attached hydrogens (tertiary/aromatic N) is 4. The molecule has 6 nitrogen and oxygen atoms in total. The monoisotopic (exact) mass is 379 g/mol. The van der Waals surface area contributed by atoms with Gasteiger partial charge in [0, 0.05) is 28.7 Å². The van der Waals surface area contributed by atoms with Gasteiger partial charge in [-0.25, -0.2) is 4.98 Å². The highest BCUT2D eigenvalue weighted by molar-refractivity contribution is 7.09. The summed E-state index contributed by atoms with van der Waals surface area (Å²) in [6.45, 7) is 6.74.